The summed E-state index contributed by atoms with van der Waals surface area (Å²) < 4.78 is 65.4. The second-order valence-electron chi connectivity index (χ2n) is 14.5. The van der Waals surface area contributed by atoms with Gasteiger partial charge in [-0.15, -0.1) is 0 Å². The molecule has 0 atom stereocenters. The van der Waals surface area contributed by atoms with Crippen molar-refractivity contribution in [3.63, 3.8) is 0 Å². The number of hydrogen-bond donors (Lipinski definition) is 0. The van der Waals surface area contributed by atoms with Crippen LogP contribution in [0, 0.1) is 0 Å². The van der Waals surface area contributed by atoms with Gasteiger partial charge < -0.3 is 0 Å². The first kappa shape index (κ1) is 39.8. The molecule has 0 aliphatic heterocycles. The van der Waals surface area contributed by atoms with Crippen molar-refractivity contribution in [3.05, 3.63) is 170 Å². The molecule has 0 aliphatic carbocycles. The molecule has 0 fully saturated rings. The SMILES string of the molecule is c1ccc(-p2oc3cc4op(-c5ccccc5)oc5cc6op(-c7ccccc7)oc7cc8op(-c9ccccc9)oc9cc(o2)c2cc9[se]c8cc7[se]c6cc5[se]c4cc3[se]2)cc1. The molecule has 312 valence electrons. The van der Waals surface area contributed by atoms with Gasteiger partial charge in [0.25, 0.3) is 0 Å². The van der Waals surface area contributed by atoms with Gasteiger partial charge in [0.05, 0.1) is 0 Å². The molecule has 0 N–H and O–H groups in total. The molecule has 0 aliphatic rings. The van der Waals surface area contributed by atoms with Gasteiger partial charge in [0, 0.05) is 0 Å². The van der Waals surface area contributed by atoms with Crippen LogP contribution in [0.3, 0.4) is 0 Å². The van der Waals surface area contributed by atoms with Crippen LogP contribution in [0.2, 0.25) is 0 Å². The fraction of sp³-hybridized carbons (Fsp3) is 0. The zero-order valence-corrected chi connectivity index (χ0v) is 43.3. The molecule has 0 spiro atoms. The summed E-state index contributed by atoms with van der Waals surface area (Å²) in [6.45, 7) is 0. The third-order valence-corrected chi connectivity index (χ3v) is 25.1. The second-order valence-corrected chi connectivity index (χ2v) is 29.2. The topological polar surface area (TPSA) is 105 Å². The number of benzene rings is 8. The van der Waals surface area contributed by atoms with Crippen molar-refractivity contribution in [3.8, 4) is 21.2 Å². The van der Waals surface area contributed by atoms with Crippen LogP contribution < -0.4 is 0 Å². The third kappa shape index (κ3) is 7.57. The Morgan fingerprint density at radius 2 is 0.391 bits per heavy atom. The van der Waals surface area contributed by atoms with Crippen molar-refractivity contribution >= 4 is 169 Å². The van der Waals surface area contributed by atoms with Gasteiger partial charge >= 0.3 is 393 Å². The van der Waals surface area contributed by atoms with Crippen LogP contribution in [0.4, 0.5) is 0 Å². The van der Waals surface area contributed by atoms with Gasteiger partial charge in [0.1, 0.15) is 0 Å². The van der Waals surface area contributed by atoms with Crippen LogP contribution in [-0.4, -0.2) is 58.0 Å². The van der Waals surface area contributed by atoms with Crippen LogP contribution >= 0.6 is 32.1 Å². The Kier molecular flexibility index (Phi) is 10.4. The zero-order valence-electron chi connectivity index (χ0n) is 32.9. The summed E-state index contributed by atoms with van der Waals surface area (Å²) >= 11 is -0.841. The molecule has 0 unspecified atom stereocenters. The van der Waals surface area contributed by atoms with Crippen LogP contribution in [0.1, 0.15) is 0 Å². The summed E-state index contributed by atoms with van der Waals surface area (Å²) in [7, 11) is -6.46. The molecule has 64 heavy (non-hydrogen) atoms. The van der Waals surface area contributed by atoms with E-state index in [-0.39, 0.29) is 58.0 Å². The maximum atomic E-state index is 7.05. The molecular formula is C48H28O8P4Se4. The second kappa shape index (κ2) is 16.7. The summed E-state index contributed by atoms with van der Waals surface area (Å²) in [6, 6.07) is 58.5. The van der Waals surface area contributed by atoms with Crippen molar-refractivity contribution < 1.29 is 33.6 Å². The normalized spacial score (nSPS) is 12.9. The molecule has 0 radical (unpaired) electrons. The van der Waals surface area contributed by atoms with E-state index in [1.165, 1.54) is 0 Å². The first-order valence-corrected chi connectivity index (χ1v) is 31.4. The van der Waals surface area contributed by atoms with Crippen LogP contribution in [0.5, 0.6) is 0 Å². The third-order valence-electron chi connectivity index (χ3n) is 10.2. The first-order valence-electron chi connectivity index (χ1n) is 19.9. The van der Waals surface area contributed by atoms with Gasteiger partial charge in [0.15, 0.2) is 0 Å². The number of hydrogen-bond acceptors (Lipinski definition) is 8. The van der Waals surface area contributed by atoms with E-state index >= 15 is 0 Å². The Bertz CT molecular complexity index is 3400. The fourth-order valence-electron chi connectivity index (χ4n) is 7.18. The Hall–Kier alpha value is -4.56. The minimum atomic E-state index is -1.62. The van der Waals surface area contributed by atoms with Gasteiger partial charge in [-0.25, -0.2) is 0 Å². The monoisotopic (exact) mass is 1180 g/mol. The molecule has 5 heterocycles. The van der Waals surface area contributed by atoms with Crippen LogP contribution in [-0.2, 0) is 0 Å². The molecule has 13 aromatic rings. The van der Waals surface area contributed by atoms with Gasteiger partial charge in [-0.1, -0.05) is 0 Å². The predicted octanol–water partition coefficient (Wildman–Crippen LogP) is 16.8. The predicted molar refractivity (Wildman–Crippen MR) is 268 cm³/mol. The molecule has 8 aromatic carbocycles. The summed E-state index contributed by atoms with van der Waals surface area (Å²) in [6.07, 6.45) is 0. The van der Waals surface area contributed by atoms with E-state index in [1.807, 2.05) is 72.8 Å². The Morgan fingerprint density at radius 3 is 0.562 bits per heavy atom. The van der Waals surface area contributed by atoms with E-state index in [2.05, 4.69) is 97.1 Å². The van der Waals surface area contributed by atoms with E-state index in [0.717, 1.165) is 100.0 Å². The van der Waals surface area contributed by atoms with Crippen molar-refractivity contribution in [2.75, 3.05) is 0 Å². The Labute approximate surface area is 390 Å². The summed E-state index contributed by atoms with van der Waals surface area (Å²) in [5.74, 6) is 0. The molecule has 0 saturated heterocycles. The van der Waals surface area contributed by atoms with E-state index in [4.69, 9.17) is 33.6 Å². The average molecular weight is 1170 g/mol. The summed E-state index contributed by atoms with van der Waals surface area (Å²) in [4.78, 5) is 0. The average Bonchev–Trinajstić information content (AvgIpc) is 3.31. The maximum absolute atomic E-state index is 7.05. The summed E-state index contributed by atoms with van der Waals surface area (Å²) in [5.41, 5.74) is 6.12. The van der Waals surface area contributed by atoms with Gasteiger partial charge in [0.2, 0.25) is 0 Å². The fourth-order valence-corrected chi connectivity index (χ4v) is 23.4. The van der Waals surface area contributed by atoms with Gasteiger partial charge in [-0.05, 0) is 0 Å². The van der Waals surface area contributed by atoms with Crippen LogP contribution in [0.25, 0.3) is 100.0 Å². The molecule has 5 aromatic heterocycles. The molecule has 0 saturated carbocycles. The molecule has 16 heteroatoms. The molecule has 8 nitrogen and oxygen atoms in total. The first-order chi connectivity index (χ1) is 31.6. The molecule has 13 rings (SSSR count). The number of rotatable bonds is 4. The Morgan fingerprint density at radius 1 is 0.219 bits per heavy atom. The standard InChI is InChI=1S/C48H28O8P4Se4/c1-5-13-29(14-6-1)57-49-33-21-35-43-25-41(33)61-42-26-44-36(22-34(42)50-57)52-59(31-17-9-3-10-18-31)54-38-24-40-48(28-46(38)63-44)64-47-27-45(62-43)37(53-58(51-35)30-15-7-2-8-16-30)23-39(47)55-60(56-40)32-19-11-4-12-20-32/h1-28H. The Balaban J connectivity index is 1.29. The summed E-state index contributed by atoms with van der Waals surface area (Å²) in [5, 5.41) is 3.84. The van der Waals surface area contributed by atoms with E-state index < -0.39 is 32.1 Å². The van der Waals surface area contributed by atoms with Gasteiger partial charge in [-0.2, -0.15) is 0 Å². The van der Waals surface area contributed by atoms with Crippen LogP contribution in [0.15, 0.2) is 203 Å². The van der Waals surface area contributed by atoms with E-state index in [1.54, 1.807) is 0 Å². The van der Waals surface area contributed by atoms with E-state index in [0.29, 0.717) is 0 Å². The van der Waals surface area contributed by atoms with Crippen molar-refractivity contribution in [1.82, 2.24) is 0 Å². The zero-order chi connectivity index (χ0) is 42.1. The molecular weight excluding hydrogens is 1140 g/mol. The molecule has 8 bridgehead atoms. The molecule has 0 amide bonds. The van der Waals surface area contributed by atoms with Crippen molar-refractivity contribution in [2.45, 2.75) is 0 Å². The minimum absolute atomic E-state index is 0.210. The quantitative estimate of drug-likeness (QED) is 0.161. The van der Waals surface area contributed by atoms with Crippen molar-refractivity contribution in [2.24, 2.45) is 0 Å². The van der Waals surface area contributed by atoms with Gasteiger partial charge in [-0.3, -0.25) is 0 Å². The van der Waals surface area contributed by atoms with E-state index in [9.17, 15) is 0 Å². The van der Waals surface area contributed by atoms with Crippen molar-refractivity contribution in [1.29, 1.82) is 0 Å².